The number of nitrogens with zero attached hydrogens (tertiary/aromatic N) is 6. The Morgan fingerprint density at radius 3 is 2.83 bits per heavy atom. The number of benzene rings is 1. The molecule has 0 radical (unpaired) electrons. The number of rotatable bonds is 4. The first-order valence-electron chi connectivity index (χ1n) is 12.1. The van der Waals surface area contributed by atoms with E-state index in [1.54, 1.807) is 29.1 Å². The van der Waals surface area contributed by atoms with E-state index < -0.39 is 5.41 Å². The van der Waals surface area contributed by atoms with Crippen LogP contribution in [0.15, 0.2) is 42.6 Å². The average molecular weight is 486 g/mol. The Kier molecular flexibility index (Phi) is 4.47. The molecule has 9 nitrogen and oxygen atoms in total. The van der Waals surface area contributed by atoms with Gasteiger partial charge in [-0.1, -0.05) is 18.2 Å². The normalized spacial score (nSPS) is 21.9. The molecule has 0 spiro atoms. The molecule has 36 heavy (non-hydrogen) atoms. The molecule has 2 fully saturated rings. The Morgan fingerprint density at radius 1 is 1.19 bits per heavy atom. The quantitative estimate of drug-likeness (QED) is 0.474. The number of anilines is 2. The average Bonchev–Trinajstić information content (AvgIpc) is 3.63. The van der Waals surface area contributed by atoms with Crippen LogP contribution in [0.3, 0.4) is 0 Å². The lowest BCUT2D eigenvalue weighted by molar-refractivity contribution is -0.119. The highest BCUT2D eigenvalue weighted by Crippen LogP contribution is 2.45. The van der Waals surface area contributed by atoms with E-state index in [2.05, 4.69) is 15.2 Å². The number of carbonyl (C=O) groups excluding carboxylic acids is 1. The van der Waals surface area contributed by atoms with E-state index in [1.807, 2.05) is 26.0 Å². The van der Waals surface area contributed by atoms with Gasteiger partial charge in [-0.05, 0) is 38.5 Å². The van der Waals surface area contributed by atoms with Gasteiger partial charge in [-0.2, -0.15) is 5.10 Å². The molecule has 7 rings (SSSR count). The van der Waals surface area contributed by atoms with Crippen molar-refractivity contribution in [2.45, 2.75) is 44.4 Å². The number of nitrogens with one attached hydrogen (secondary N) is 1. The number of ether oxygens (including phenoxy) is 1. The Balaban J connectivity index is 1.40. The van der Waals surface area contributed by atoms with Crippen LogP contribution >= 0.6 is 0 Å². The molecular weight excluding hydrogens is 461 g/mol. The SMILES string of the molecule is CC1(C)C(=O)Nc2nc(-c3nn(Cc4ccccc4F)c4ncccc34)nc(N3C[C@@H]4C[C@H]3CO4)c21. The molecule has 182 valence electrons. The number of amides is 1. The standard InChI is InChI=1S/C26H24FN7O2/c1-26(2)19-21(31-25(26)35)29-22(30-24(19)33-12-16-10-15(33)13-36-16)20-17-7-5-9-28-23(17)34(32-20)11-14-6-3-4-8-18(14)27/h3-9,15-16H,10-13H2,1-2H3,(H,29,30,31,35)/t15-,16-/m0/s1. The van der Waals surface area contributed by atoms with Gasteiger partial charge in [-0.25, -0.2) is 24.0 Å². The maximum absolute atomic E-state index is 14.4. The van der Waals surface area contributed by atoms with Gasteiger partial charge in [0.15, 0.2) is 11.5 Å². The molecule has 0 aliphatic carbocycles. The minimum atomic E-state index is -0.764. The van der Waals surface area contributed by atoms with E-state index in [0.29, 0.717) is 35.2 Å². The fraction of sp³-hybridized carbons (Fsp3) is 0.346. The predicted molar refractivity (Wildman–Crippen MR) is 131 cm³/mol. The van der Waals surface area contributed by atoms with E-state index >= 15 is 0 Å². The number of morpholine rings is 1. The third-order valence-electron chi connectivity index (χ3n) is 7.48. The smallest absolute Gasteiger partial charge is 0.235 e. The summed E-state index contributed by atoms with van der Waals surface area (Å²) in [6.45, 7) is 5.38. The van der Waals surface area contributed by atoms with E-state index in [4.69, 9.17) is 19.8 Å². The van der Waals surface area contributed by atoms with Crippen molar-refractivity contribution in [2.75, 3.05) is 23.4 Å². The van der Waals surface area contributed by atoms with Gasteiger partial charge < -0.3 is 15.0 Å². The highest BCUT2D eigenvalue weighted by atomic mass is 19.1. The number of halogens is 1. The molecule has 3 aliphatic rings. The van der Waals surface area contributed by atoms with Crippen LogP contribution < -0.4 is 10.2 Å². The fourth-order valence-electron chi connectivity index (χ4n) is 5.54. The van der Waals surface area contributed by atoms with E-state index in [1.165, 1.54) is 6.07 Å². The Labute approximate surface area is 206 Å². The molecule has 1 aromatic carbocycles. The van der Waals surface area contributed by atoms with E-state index in [-0.39, 0.29) is 30.4 Å². The fourth-order valence-corrected chi connectivity index (χ4v) is 5.54. The van der Waals surface area contributed by atoms with Gasteiger partial charge in [0.05, 0.1) is 41.7 Å². The lowest BCUT2D eigenvalue weighted by Gasteiger charge is -2.31. The molecule has 0 saturated carbocycles. The highest BCUT2D eigenvalue weighted by molar-refractivity contribution is 6.06. The first-order valence-corrected chi connectivity index (χ1v) is 12.1. The maximum Gasteiger partial charge on any atom is 0.235 e. The summed E-state index contributed by atoms with van der Waals surface area (Å²) in [5.41, 5.74) is 1.70. The summed E-state index contributed by atoms with van der Waals surface area (Å²) in [7, 11) is 0. The lowest BCUT2D eigenvalue weighted by atomic mass is 9.86. The molecule has 10 heteroatoms. The van der Waals surface area contributed by atoms with E-state index in [0.717, 1.165) is 29.7 Å². The van der Waals surface area contributed by atoms with Crippen molar-refractivity contribution in [1.29, 1.82) is 0 Å². The van der Waals surface area contributed by atoms with Crippen LogP contribution in [0.2, 0.25) is 0 Å². The van der Waals surface area contributed by atoms with Crippen molar-refractivity contribution >= 4 is 28.6 Å². The van der Waals surface area contributed by atoms with Crippen LogP contribution in [0.4, 0.5) is 16.0 Å². The summed E-state index contributed by atoms with van der Waals surface area (Å²) in [6, 6.07) is 10.6. The maximum atomic E-state index is 14.4. The molecule has 1 N–H and O–H groups in total. The van der Waals surface area contributed by atoms with Crippen LogP contribution in [0.5, 0.6) is 0 Å². The molecule has 3 aliphatic heterocycles. The number of fused-ring (bicyclic) bond motifs is 4. The third kappa shape index (κ3) is 3.07. The first kappa shape index (κ1) is 21.4. The predicted octanol–water partition coefficient (Wildman–Crippen LogP) is 3.28. The topological polar surface area (TPSA) is 98.1 Å². The van der Waals surface area contributed by atoms with Gasteiger partial charge in [0.2, 0.25) is 5.91 Å². The Morgan fingerprint density at radius 2 is 2.06 bits per heavy atom. The second kappa shape index (κ2) is 7.54. The van der Waals surface area contributed by atoms with Gasteiger partial charge in [0.25, 0.3) is 0 Å². The largest absolute Gasteiger partial charge is 0.374 e. The Hall–Kier alpha value is -3.92. The van der Waals surface area contributed by atoms with Crippen molar-refractivity contribution in [2.24, 2.45) is 0 Å². The summed E-state index contributed by atoms with van der Waals surface area (Å²) in [6.07, 6.45) is 2.80. The monoisotopic (exact) mass is 485 g/mol. The van der Waals surface area contributed by atoms with E-state index in [9.17, 15) is 9.18 Å². The van der Waals surface area contributed by atoms with Crippen LogP contribution in [-0.4, -0.2) is 55.9 Å². The number of pyridine rings is 1. The molecular formula is C26H24FN7O2. The summed E-state index contributed by atoms with van der Waals surface area (Å²) in [5.74, 6) is 1.24. The number of carbonyl (C=O) groups is 1. The molecule has 1 amide bonds. The van der Waals surface area contributed by atoms with Crippen LogP contribution in [0.25, 0.3) is 22.6 Å². The van der Waals surface area contributed by atoms with Gasteiger partial charge in [-0.15, -0.1) is 0 Å². The van der Waals surface area contributed by atoms with Crippen molar-refractivity contribution in [3.63, 3.8) is 0 Å². The zero-order chi connectivity index (χ0) is 24.6. The molecule has 0 unspecified atom stereocenters. The summed E-state index contributed by atoms with van der Waals surface area (Å²) in [4.78, 5) is 29.5. The van der Waals surface area contributed by atoms with Crippen molar-refractivity contribution in [1.82, 2.24) is 24.7 Å². The third-order valence-corrected chi connectivity index (χ3v) is 7.48. The summed E-state index contributed by atoms with van der Waals surface area (Å²) >= 11 is 0. The van der Waals surface area contributed by atoms with Crippen LogP contribution in [-0.2, 0) is 21.5 Å². The molecule has 4 aromatic rings. The zero-order valence-electron chi connectivity index (χ0n) is 19.9. The van der Waals surface area contributed by atoms with Gasteiger partial charge in [0, 0.05) is 18.3 Å². The van der Waals surface area contributed by atoms with Crippen LogP contribution in [0.1, 0.15) is 31.4 Å². The molecule has 3 aromatic heterocycles. The van der Waals surface area contributed by atoms with Gasteiger partial charge in [-0.3, -0.25) is 4.79 Å². The second-order valence-corrected chi connectivity index (χ2v) is 10.1. The minimum Gasteiger partial charge on any atom is -0.374 e. The molecule has 2 saturated heterocycles. The molecule has 6 heterocycles. The Bertz CT molecular complexity index is 1550. The number of hydrogen-bond acceptors (Lipinski definition) is 7. The highest BCUT2D eigenvalue weighted by Gasteiger charge is 2.47. The number of aromatic nitrogens is 5. The van der Waals surface area contributed by atoms with Gasteiger partial charge >= 0.3 is 0 Å². The second-order valence-electron chi connectivity index (χ2n) is 10.1. The van der Waals surface area contributed by atoms with Crippen molar-refractivity contribution < 1.29 is 13.9 Å². The summed E-state index contributed by atoms with van der Waals surface area (Å²) < 4.78 is 21.9. The lowest BCUT2D eigenvalue weighted by Crippen LogP contribution is -2.39. The zero-order valence-corrected chi connectivity index (χ0v) is 19.9. The van der Waals surface area contributed by atoms with Gasteiger partial charge in [0.1, 0.15) is 23.1 Å². The number of hydrogen-bond donors (Lipinski definition) is 1. The molecule has 2 bridgehead atoms. The minimum absolute atomic E-state index is 0.109. The van der Waals surface area contributed by atoms with Crippen molar-refractivity contribution in [3.8, 4) is 11.5 Å². The first-order chi connectivity index (χ1) is 17.4. The molecule has 2 atom stereocenters. The summed E-state index contributed by atoms with van der Waals surface area (Å²) in [5, 5.41) is 8.52. The van der Waals surface area contributed by atoms with Crippen molar-refractivity contribution in [3.05, 3.63) is 59.5 Å². The van der Waals surface area contributed by atoms with Crippen LogP contribution in [0, 0.1) is 5.82 Å².